The number of nitrogens with zero attached hydrogens (tertiary/aromatic N) is 3. The van der Waals surface area contributed by atoms with Gasteiger partial charge in [-0.3, -0.25) is 14.4 Å². The van der Waals surface area contributed by atoms with E-state index >= 15 is 0 Å². The fourth-order valence-electron chi connectivity index (χ4n) is 6.62. The quantitative estimate of drug-likeness (QED) is 0.180. The van der Waals surface area contributed by atoms with Gasteiger partial charge in [-0.2, -0.15) is 0 Å². The summed E-state index contributed by atoms with van der Waals surface area (Å²) >= 11 is 6.03. The molecule has 3 aromatic rings. The van der Waals surface area contributed by atoms with Gasteiger partial charge in [0.2, 0.25) is 37.6 Å². The minimum atomic E-state index is -3.79. The van der Waals surface area contributed by atoms with Crippen molar-refractivity contribution in [3.8, 4) is 0 Å². The first kappa shape index (κ1) is 40.7. The Morgan fingerprint density at radius 2 is 1.77 bits per heavy atom. The Balaban J connectivity index is 1.36. The molecule has 3 heterocycles. The number of hydrogen-bond acceptors (Lipinski definition) is 11. The highest BCUT2D eigenvalue weighted by Crippen LogP contribution is 2.27. The molecule has 290 valence electrons. The predicted octanol–water partition coefficient (Wildman–Crippen LogP) is 2.69. The minimum absolute atomic E-state index is 0.0217. The number of fused-ring (bicyclic) bond motifs is 1. The van der Waals surface area contributed by atoms with Crippen molar-refractivity contribution in [3.63, 3.8) is 0 Å². The monoisotopic (exact) mass is 794 g/mol. The van der Waals surface area contributed by atoms with Crippen molar-refractivity contribution >= 4 is 60.3 Å². The number of likely N-dealkylation sites (tertiary alicyclic amines) is 1. The number of piperidine rings is 1. The fraction of sp³-hybridized carbons (Fsp3) is 0.543. The molecule has 53 heavy (non-hydrogen) atoms. The van der Waals surface area contributed by atoms with Gasteiger partial charge in [-0.25, -0.2) is 30.8 Å². The average molecular weight is 795 g/mol. The number of amides is 2. The van der Waals surface area contributed by atoms with Crippen LogP contribution in [0.3, 0.4) is 0 Å². The third kappa shape index (κ3) is 10.4. The summed E-state index contributed by atoms with van der Waals surface area (Å²) < 4.78 is 65.5. The lowest BCUT2D eigenvalue weighted by Gasteiger charge is -2.30. The summed E-state index contributed by atoms with van der Waals surface area (Å²) in [5.74, 6) is -1.80. The summed E-state index contributed by atoms with van der Waals surface area (Å²) in [4.78, 5) is 47.5. The van der Waals surface area contributed by atoms with Crippen molar-refractivity contribution in [1.29, 1.82) is 0 Å². The van der Waals surface area contributed by atoms with E-state index in [9.17, 15) is 31.2 Å². The summed E-state index contributed by atoms with van der Waals surface area (Å²) in [6.07, 6.45) is 3.38. The van der Waals surface area contributed by atoms with Crippen LogP contribution in [-0.4, -0.2) is 113 Å². The Morgan fingerprint density at radius 1 is 1.08 bits per heavy atom. The number of nitrogens with one attached hydrogen (secondary N) is 3. The zero-order chi connectivity index (χ0) is 38.5. The van der Waals surface area contributed by atoms with Crippen LogP contribution >= 0.6 is 11.6 Å². The number of carbonyl (C=O) groups excluding carboxylic acids is 3. The summed E-state index contributed by atoms with van der Waals surface area (Å²) in [5.41, 5.74) is 1.18. The SMILES string of the molecule is CC[C@H](NC(=O)[C@@H]1C[C@@H](OCc2ccc(Cl)cc2)CN1C(=O)[C@@H](CCC1CCNCC1)NS(C)(=O)=O)C(=O)c1nc2ccc(S(=O)(=O)N(C)C)cc2o1. The standard InChI is InChI=1S/C35H47ClN6O9S2/c1-5-27(32(43)34-39-28-13-11-26(19-31(28)51-34)53(48,49)41(2)3)38-33(44)30-18-25(50-21-23-6-9-24(36)10-7-23)20-42(30)35(45)29(40-52(4,46)47)12-8-22-14-16-37-17-15-22/h6-7,9-11,13,19,22,25,27,29-30,37,40H,5,8,12,14-18,20-21H2,1-4H3,(H,38,44)/t25-,27+,29-,30+/m1/s1. The maximum absolute atomic E-state index is 14.2. The third-order valence-electron chi connectivity index (χ3n) is 9.61. The van der Waals surface area contributed by atoms with Crippen LogP contribution in [0.25, 0.3) is 11.1 Å². The number of rotatable bonds is 16. The van der Waals surface area contributed by atoms with Crippen molar-refractivity contribution in [2.24, 2.45) is 5.92 Å². The Morgan fingerprint density at radius 3 is 2.42 bits per heavy atom. The van der Waals surface area contributed by atoms with Gasteiger partial charge in [0, 0.05) is 38.1 Å². The largest absolute Gasteiger partial charge is 0.434 e. The van der Waals surface area contributed by atoms with E-state index in [2.05, 4.69) is 20.3 Å². The molecule has 15 nitrogen and oxygen atoms in total. The van der Waals surface area contributed by atoms with Crippen molar-refractivity contribution in [3.05, 3.63) is 58.9 Å². The number of Topliss-reactive ketones (excluding diaryl/α,β-unsaturated/α-hetero) is 1. The molecule has 0 aliphatic carbocycles. The molecule has 18 heteroatoms. The number of carbonyl (C=O) groups is 3. The number of aromatic nitrogens is 1. The van der Waals surface area contributed by atoms with Crippen molar-refractivity contribution < 1.29 is 40.4 Å². The number of ether oxygens (including phenoxy) is 1. The molecule has 2 aromatic carbocycles. The van der Waals surface area contributed by atoms with E-state index in [-0.39, 0.29) is 54.3 Å². The number of benzene rings is 2. The summed E-state index contributed by atoms with van der Waals surface area (Å²) in [7, 11) is -4.77. The predicted molar refractivity (Wildman–Crippen MR) is 198 cm³/mol. The molecular formula is C35H47ClN6O9S2. The second-order valence-corrected chi connectivity index (χ2v) is 18.2. The van der Waals surface area contributed by atoms with E-state index in [1.54, 1.807) is 19.1 Å². The molecule has 2 aliphatic heterocycles. The van der Waals surface area contributed by atoms with Gasteiger partial charge in [0.15, 0.2) is 5.58 Å². The Kier molecular flexibility index (Phi) is 13.3. The zero-order valence-electron chi connectivity index (χ0n) is 30.2. The lowest BCUT2D eigenvalue weighted by atomic mass is 9.91. The van der Waals surface area contributed by atoms with E-state index in [0.29, 0.717) is 17.4 Å². The van der Waals surface area contributed by atoms with Gasteiger partial charge in [-0.15, -0.1) is 0 Å². The zero-order valence-corrected chi connectivity index (χ0v) is 32.6. The second kappa shape index (κ2) is 17.3. The van der Waals surface area contributed by atoms with Gasteiger partial charge in [0.05, 0.1) is 29.9 Å². The molecule has 2 amide bonds. The molecule has 5 rings (SSSR count). The molecule has 2 fully saturated rings. The lowest BCUT2D eigenvalue weighted by molar-refractivity contribution is -0.140. The summed E-state index contributed by atoms with van der Waals surface area (Å²) in [6, 6.07) is 7.88. The van der Waals surface area contributed by atoms with Crippen LogP contribution in [0.4, 0.5) is 0 Å². The molecule has 4 atom stereocenters. The maximum atomic E-state index is 14.2. The van der Waals surface area contributed by atoms with Gasteiger partial charge >= 0.3 is 0 Å². The van der Waals surface area contributed by atoms with Crippen LogP contribution in [0.15, 0.2) is 51.8 Å². The normalized spacial score (nSPS) is 19.8. The van der Waals surface area contributed by atoms with Crippen molar-refractivity contribution in [1.82, 2.24) is 29.5 Å². The summed E-state index contributed by atoms with van der Waals surface area (Å²) in [6.45, 7) is 3.60. The highest BCUT2D eigenvalue weighted by molar-refractivity contribution is 7.89. The van der Waals surface area contributed by atoms with E-state index in [1.165, 1.54) is 37.2 Å². The smallest absolute Gasteiger partial charge is 0.266 e. The highest BCUT2D eigenvalue weighted by atomic mass is 35.5. The van der Waals surface area contributed by atoms with Gasteiger partial charge in [0.1, 0.15) is 17.6 Å². The van der Waals surface area contributed by atoms with Crippen LogP contribution in [0.2, 0.25) is 5.02 Å². The number of sulfonamides is 2. The Hall–Kier alpha value is -3.45. The number of hydrogen-bond donors (Lipinski definition) is 3. The number of oxazole rings is 1. The maximum Gasteiger partial charge on any atom is 0.266 e. The van der Waals surface area contributed by atoms with Crippen LogP contribution in [-0.2, 0) is 41.0 Å². The fourth-order valence-corrected chi connectivity index (χ4v) is 8.40. The third-order valence-corrected chi connectivity index (χ3v) is 12.4. The van der Waals surface area contributed by atoms with Crippen molar-refractivity contribution in [2.45, 2.75) is 81.2 Å². The molecule has 0 bridgehead atoms. The van der Waals surface area contributed by atoms with Gasteiger partial charge in [0.25, 0.3) is 5.89 Å². The van der Waals surface area contributed by atoms with E-state index in [4.69, 9.17) is 20.8 Å². The molecule has 2 saturated heterocycles. The van der Waals surface area contributed by atoms with Crippen LogP contribution < -0.4 is 15.4 Å². The van der Waals surface area contributed by atoms with Gasteiger partial charge in [-0.1, -0.05) is 30.7 Å². The lowest BCUT2D eigenvalue weighted by Crippen LogP contribution is -2.55. The topological polar surface area (TPSA) is 197 Å². The molecule has 1 aromatic heterocycles. The minimum Gasteiger partial charge on any atom is -0.434 e. The second-order valence-electron chi connectivity index (χ2n) is 13.8. The molecule has 3 N–H and O–H groups in total. The van der Waals surface area contributed by atoms with Crippen LogP contribution in [0.5, 0.6) is 0 Å². The van der Waals surface area contributed by atoms with E-state index < -0.39 is 61.9 Å². The van der Waals surface area contributed by atoms with Gasteiger partial charge in [-0.05, 0) is 80.9 Å². The first-order chi connectivity index (χ1) is 25.0. The molecule has 0 unspecified atom stereocenters. The summed E-state index contributed by atoms with van der Waals surface area (Å²) in [5, 5.41) is 6.63. The average Bonchev–Trinajstić information content (AvgIpc) is 3.76. The molecule has 0 radical (unpaired) electrons. The first-order valence-corrected chi connectivity index (χ1v) is 21.3. The van der Waals surface area contributed by atoms with Crippen LogP contribution in [0, 0.1) is 5.92 Å². The van der Waals surface area contributed by atoms with Crippen molar-refractivity contribution in [2.75, 3.05) is 40.0 Å². The van der Waals surface area contributed by atoms with E-state index in [1.807, 2.05) is 12.1 Å². The van der Waals surface area contributed by atoms with E-state index in [0.717, 1.165) is 42.1 Å². The molecule has 0 saturated carbocycles. The van der Waals surface area contributed by atoms with Crippen LogP contribution in [0.1, 0.15) is 61.7 Å². The number of halogens is 1. The molecular weight excluding hydrogens is 748 g/mol. The molecule has 0 spiro atoms. The first-order valence-electron chi connectivity index (χ1n) is 17.6. The molecule has 2 aliphatic rings. The Labute approximate surface area is 315 Å². The highest BCUT2D eigenvalue weighted by Gasteiger charge is 2.44. The Bertz CT molecular complexity index is 2000. The number of ketones is 1. The van der Waals surface area contributed by atoms with Gasteiger partial charge < -0.3 is 24.7 Å².